The fourth-order valence-electron chi connectivity index (χ4n) is 3.91. The summed E-state index contributed by atoms with van der Waals surface area (Å²) < 4.78 is 0. The quantitative estimate of drug-likeness (QED) is 0.754. The molecule has 28 heavy (non-hydrogen) atoms. The van der Waals surface area contributed by atoms with Gasteiger partial charge in [-0.1, -0.05) is 30.3 Å². The molecule has 3 rings (SSSR count). The van der Waals surface area contributed by atoms with Gasteiger partial charge in [-0.05, 0) is 62.9 Å². The standard InChI is InChI=1S/C24H33N3O/c1-3-27(4-2)23-12-10-20(11-13-23)14-17-26-18-15-22(16-19-26)25-24(28)21-8-6-5-7-9-21/h5-13,22H,3-4,14-19H2,1-2H3,(H,25,28). The highest BCUT2D eigenvalue weighted by atomic mass is 16.1. The summed E-state index contributed by atoms with van der Waals surface area (Å²) >= 11 is 0. The minimum Gasteiger partial charge on any atom is -0.372 e. The maximum atomic E-state index is 12.3. The van der Waals surface area contributed by atoms with Gasteiger partial charge in [-0.3, -0.25) is 4.79 Å². The molecule has 1 N–H and O–H groups in total. The predicted molar refractivity (Wildman–Crippen MR) is 117 cm³/mol. The Morgan fingerprint density at radius 3 is 2.25 bits per heavy atom. The number of amides is 1. The Morgan fingerprint density at radius 2 is 1.64 bits per heavy atom. The fourth-order valence-corrected chi connectivity index (χ4v) is 3.91. The van der Waals surface area contributed by atoms with Crippen molar-refractivity contribution in [1.82, 2.24) is 10.2 Å². The Hall–Kier alpha value is -2.33. The molecule has 0 atom stereocenters. The van der Waals surface area contributed by atoms with Gasteiger partial charge in [-0.25, -0.2) is 0 Å². The summed E-state index contributed by atoms with van der Waals surface area (Å²) in [6.45, 7) is 9.68. The third kappa shape index (κ3) is 5.59. The van der Waals surface area contributed by atoms with Gasteiger partial charge in [0.05, 0.1) is 0 Å². The van der Waals surface area contributed by atoms with Crippen molar-refractivity contribution in [2.45, 2.75) is 39.2 Å². The fraction of sp³-hybridized carbons (Fsp3) is 0.458. The molecule has 0 bridgehead atoms. The lowest BCUT2D eigenvalue weighted by Crippen LogP contribution is -2.45. The number of hydrogen-bond donors (Lipinski definition) is 1. The van der Waals surface area contributed by atoms with Gasteiger partial charge in [0, 0.05) is 50.0 Å². The van der Waals surface area contributed by atoms with E-state index in [0.717, 1.165) is 57.5 Å². The van der Waals surface area contributed by atoms with E-state index in [1.807, 2.05) is 30.3 Å². The van der Waals surface area contributed by atoms with Gasteiger partial charge >= 0.3 is 0 Å². The molecule has 0 spiro atoms. The van der Waals surface area contributed by atoms with E-state index in [1.54, 1.807) is 0 Å². The van der Waals surface area contributed by atoms with Crippen LogP contribution in [0.2, 0.25) is 0 Å². The number of anilines is 1. The van der Waals surface area contributed by atoms with Crippen LogP contribution >= 0.6 is 0 Å². The normalized spacial score (nSPS) is 15.4. The molecule has 1 saturated heterocycles. The first-order valence-electron chi connectivity index (χ1n) is 10.6. The molecule has 0 radical (unpaired) electrons. The number of carbonyl (C=O) groups is 1. The molecule has 4 nitrogen and oxygen atoms in total. The van der Waals surface area contributed by atoms with Crippen LogP contribution in [0.4, 0.5) is 5.69 Å². The van der Waals surface area contributed by atoms with Crippen LogP contribution in [0.5, 0.6) is 0 Å². The molecule has 1 aliphatic rings. The van der Waals surface area contributed by atoms with Crippen molar-refractivity contribution < 1.29 is 4.79 Å². The van der Waals surface area contributed by atoms with Crippen molar-refractivity contribution >= 4 is 11.6 Å². The predicted octanol–water partition coefficient (Wildman–Crippen LogP) is 3.97. The van der Waals surface area contributed by atoms with E-state index in [1.165, 1.54) is 11.3 Å². The highest BCUT2D eigenvalue weighted by Crippen LogP contribution is 2.16. The van der Waals surface area contributed by atoms with Crippen molar-refractivity contribution in [2.75, 3.05) is 37.6 Å². The first-order chi connectivity index (χ1) is 13.7. The van der Waals surface area contributed by atoms with E-state index >= 15 is 0 Å². The lowest BCUT2D eigenvalue weighted by atomic mass is 10.0. The van der Waals surface area contributed by atoms with E-state index in [4.69, 9.17) is 0 Å². The number of carbonyl (C=O) groups excluding carboxylic acids is 1. The van der Waals surface area contributed by atoms with Gasteiger partial charge in [-0.2, -0.15) is 0 Å². The zero-order valence-electron chi connectivity index (χ0n) is 17.2. The molecular weight excluding hydrogens is 346 g/mol. The topological polar surface area (TPSA) is 35.6 Å². The summed E-state index contributed by atoms with van der Waals surface area (Å²) in [5, 5.41) is 3.19. The number of nitrogens with one attached hydrogen (secondary N) is 1. The zero-order valence-corrected chi connectivity index (χ0v) is 17.2. The molecule has 4 heteroatoms. The van der Waals surface area contributed by atoms with Crippen LogP contribution < -0.4 is 10.2 Å². The maximum absolute atomic E-state index is 12.3. The van der Waals surface area contributed by atoms with E-state index in [2.05, 4.69) is 53.2 Å². The van der Waals surface area contributed by atoms with Crippen LogP contribution in [0.15, 0.2) is 54.6 Å². The first kappa shape index (κ1) is 20.4. The zero-order chi connectivity index (χ0) is 19.8. The Morgan fingerprint density at radius 1 is 1.00 bits per heavy atom. The van der Waals surface area contributed by atoms with Crippen LogP contribution in [0.3, 0.4) is 0 Å². The molecule has 1 aliphatic heterocycles. The molecular formula is C24H33N3O. The minimum absolute atomic E-state index is 0.0485. The van der Waals surface area contributed by atoms with Gasteiger partial charge in [0.15, 0.2) is 0 Å². The summed E-state index contributed by atoms with van der Waals surface area (Å²) in [5.41, 5.74) is 3.46. The smallest absolute Gasteiger partial charge is 0.251 e. The lowest BCUT2D eigenvalue weighted by molar-refractivity contribution is 0.0911. The number of benzene rings is 2. The molecule has 0 saturated carbocycles. The number of likely N-dealkylation sites (tertiary alicyclic amines) is 1. The average Bonchev–Trinajstić information content (AvgIpc) is 2.75. The van der Waals surface area contributed by atoms with Crippen LogP contribution in [0.1, 0.15) is 42.6 Å². The largest absolute Gasteiger partial charge is 0.372 e. The highest BCUT2D eigenvalue weighted by Gasteiger charge is 2.20. The SMILES string of the molecule is CCN(CC)c1ccc(CCN2CCC(NC(=O)c3ccccc3)CC2)cc1. The van der Waals surface area contributed by atoms with Crippen LogP contribution in [0, 0.1) is 0 Å². The monoisotopic (exact) mass is 379 g/mol. The van der Waals surface area contributed by atoms with Gasteiger partial charge < -0.3 is 15.1 Å². The Kier molecular flexibility index (Phi) is 7.49. The summed E-state index contributed by atoms with van der Waals surface area (Å²) in [4.78, 5) is 17.2. The van der Waals surface area contributed by atoms with Crippen molar-refractivity contribution in [3.05, 3.63) is 65.7 Å². The third-order valence-electron chi connectivity index (χ3n) is 5.74. The van der Waals surface area contributed by atoms with Crippen LogP contribution in [0.25, 0.3) is 0 Å². The minimum atomic E-state index is 0.0485. The van der Waals surface area contributed by atoms with E-state index in [-0.39, 0.29) is 11.9 Å². The second-order valence-electron chi connectivity index (χ2n) is 7.54. The molecule has 0 aromatic heterocycles. The lowest BCUT2D eigenvalue weighted by Gasteiger charge is -2.32. The van der Waals surface area contributed by atoms with E-state index in [9.17, 15) is 4.79 Å². The van der Waals surface area contributed by atoms with Gasteiger partial charge in [0.1, 0.15) is 0 Å². The molecule has 1 fully saturated rings. The number of hydrogen-bond acceptors (Lipinski definition) is 3. The van der Waals surface area contributed by atoms with Crippen molar-refractivity contribution in [2.24, 2.45) is 0 Å². The molecule has 0 unspecified atom stereocenters. The molecule has 1 amide bonds. The Labute approximate surface area is 169 Å². The number of nitrogens with zero attached hydrogens (tertiary/aromatic N) is 2. The van der Waals surface area contributed by atoms with Gasteiger partial charge in [-0.15, -0.1) is 0 Å². The third-order valence-corrected chi connectivity index (χ3v) is 5.74. The average molecular weight is 380 g/mol. The second kappa shape index (κ2) is 10.3. The Balaban J connectivity index is 1.40. The molecule has 0 aliphatic carbocycles. The highest BCUT2D eigenvalue weighted by molar-refractivity contribution is 5.94. The number of piperidine rings is 1. The van der Waals surface area contributed by atoms with Crippen molar-refractivity contribution in [1.29, 1.82) is 0 Å². The van der Waals surface area contributed by atoms with Gasteiger partial charge in [0.2, 0.25) is 0 Å². The van der Waals surface area contributed by atoms with Crippen molar-refractivity contribution in [3.63, 3.8) is 0 Å². The molecule has 1 heterocycles. The van der Waals surface area contributed by atoms with E-state index < -0.39 is 0 Å². The van der Waals surface area contributed by atoms with Gasteiger partial charge in [0.25, 0.3) is 5.91 Å². The molecule has 2 aromatic rings. The summed E-state index contributed by atoms with van der Waals surface area (Å²) in [6.07, 6.45) is 3.14. The Bertz CT molecular complexity index is 717. The van der Waals surface area contributed by atoms with Crippen LogP contribution in [-0.2, 0) is 6.42 Å². The van der Waals surface area contributed by atoms with Crippen LogP contribution in [-0.4, -0.2) is 49.6 Å². The second-order valence-corrected chi connectivity index (χ2v) is 7.54. The first-order valence-corrected chi connectivity index (χ1v) is 10.6. The molecule has 150 valence electrons. The summed E-state index contributed by atoms with van der Waals surface area (Å²) in [7, 11) is 0. The summed E-state index contributed by atoms with van der Waals surface area (Å²) in [5.74, 6) is 0.0485. The molecule has 2 aromatic carbocycles. The number of rotatable bonds is 8. The summed E-state index contributed by atoms with van der Waals surface area (Å²) in [6, 6.07) is 18.8. The maximum Gasteiger partial charge on any atom is 0.251 e. The van der Waals surface area contributed by atoms with Crippen molar-refractivity contribution in [3.8, 4) is 0 Å². The van der Waals surface area contributed by atoms with E-state index in [0.29, 0.717) is 0 Å².